The van der Waals surface area contributed by atoms with Gasteiger partial charge in [-0.1, -0.05) is 70.6 Å². The summed E-state index contributed by atoms with van der Waals surface area (Å²) in [4.78, 5) is 0. The van der Waals surface area contributed by atoms with Gasteiger partial charge in [0.15, 0.2) is 0 Å². The van der Waals surface area contributed by atoms with Crippen LogP contribution in [0.5, 0.6) is 0 Å². The van der Waals surface area contributed by atoms with Crippen LogP contribution in [0.25, 0.3) is 0 Å². The lowest BCUT2D eigenvalue weighted by Crippen LogP contribution is -2.18. The smallest absolute Gasteiger partial charge is 0.0442 e. The number of hydrogen-bond donors (Lipinski definition) is 1. The standard InChI is InChI=1S/C13H31NSi/c1-15(2,3)13-11-9-7-5-4-6-8-10-12-14/h4-14H2,1-3H3. The van der Waals surface area contributed by atoms with E-state index in [1.165, 1.54) is 57.4 Å². The molecule has 0 radical (unpaired) electrons. The van der Waals surface area contributed by atoms with Crippen LogP contribution in [0.1, 0.15) is 51.4 Å². The minimum Gasteiger partial charge on any atom is -0.330 e. The van der Waals surface area contributed by atoms with Crippen LogP contribution in [-0.2, 0) is 0 Å². The molecule has 0 amide bonds. The van der Waals surface area contributed by atoms with Crippen LogP contribution >= 0.6 is 0 Å². The first-order chi connectivity index (χ1) is 7.06. The van der Waals surface area contributed by atoms with E-state index < -0.39 is 8.07 Å². The molecule has 0 aliphatic heterocycles. The fraction of sp³-hybridized carbons (Fsp3) is 1.00. The van der Waals surface area contributed by atoms with E-state index in [0.29, 0.717) is 0 Å². The van der Waals surface area contributed by atoms with Crippen LogP contribution in [0.2, 0.25) is 25.7 Å². The lowest BCUT2D eigenvalue weighted by molar-refractivity contribution is 0.577. The Balaban J connectivity index is 2.99. The number of unbranched alkanes of at least 4 members (excludes halogenated alkanes) is 7. The van der Waals surface area contributed by atoms with Crippen LogP contribution in [-0.4, -0.2) is 14.6 Å². The van der Waals surface area contributed by atoms with E-state index in [4.69, 9.17) is 5.73 Å². The Morgan fingerprint density at radius 1 is 0.667 bits per heavy atom. The van der Waals surface area contributed by atoms with E-state index in [1.54, 1.807) is 0 Å². The molecular weight excluding hydrogens is 198 g/mol. The Hall–Kier alpha value is 0.177. The van der Waals surface area contributed by atoms with Gasteiger partial charge in [0.05, 0.1) is 0 Å². The van der Waals surface area contributed by atoms with Crippen molar-refractivity contribution in [1.82, 2.24) is 0 Å². The molecule has 0 aromatic carbocycles. The number of rotatable bonds is 10. The van der Waals surface area contributed by atoms with Gasteiger partial charge in [0.1, 0.15) is 0 Å². The zero-order chi connectivity index (χ0) is 11.6. The van der Waals surface area contributed by atoms with Gasteiger partial charge < -0.3 is 5.73 Å². The Bertz CT molecular complexity index is 129. The molecule has 0 rings (SSSR count). The Morgan fingerprint density at radius 3 is 1.47 bits per heavy atom. The Kier molecular flexibility index (Phi) is 9.52. The topological polar surface area (TPSA) is 26.0 Å². The summed E-state index contributed by atoms with van der Waals surface area (Å²) >= 11 is 0. The number of hydrogen-bond acceptors (Lipinski definition) is 1. The van der Waals surface area contributed by atoms with Gasteiger partial charge in [-0.05, 0) is 13.0 Å². The van der Waals surface area contributed by atoms with Crippen molar-refractivity contribution in [3.05, 3.63) is 0 Å². The van der Waals surface area contributed by atoms with Crippen molar-refractivity contribution in [3.8, 4) is 0 Å². The van der Waals surface area contributed by atoms with Crippen molar-refractivity contribution in [2.75, 3.05) is 6.54 Å². The molecule has 0 aliphatic carbocycles. The van der Waals surface area contributed by atoms with Gasteiger partial charge in [0.25, 0.3) is 0 Å². The SMILES string of the molecule is C[Si](C)(C)CCCCCCCCCCN. The van der Waals surface area contributed by atoms with Gasteiger partial charge in [0.2, 0.25) is 0 Å². The third-order valence-corrected chi connectivity index (χ3v) is 4.73. The summed E-state index contributed by atoms with van der Waals surface area (Å²) in [6.07, 6.45) is 11.2. The first-order valence-corrected chi connectivity index (χ1v) is 10.5. The van der Waals surface area contributed by atoms with Crippen molar-refractivity contribution < 1.29 is 0 Å². The highest BCUT2D eigenvalue weighted by molar-refractivity contribution is 6.76. The summed E-state index contributed by atoms with van der Waals surface area (Å²) in [5.41, 5.74) is 5.45. The maximum Gasteiger partial charge on any atom is 0.0442 e. The normalized spacial score (nSPS) is 12.0. The second kappa shape index (κ2) is 9.41. The minimum atomic E-state index is -0.757. The van der Waals surface area contributed by atoms with Crippen molar-refractivity contribution in [2.45, 2.75) is 77.1 Å². The average Bonchev–Trinajstić information content (AvgIpc) is 2.14. The van der Waals surface area contributed by atoms with Gasteiger partial charge in [-0.25, -0.2) is 0 Å². The van der Waals surface area contributed by atoms with Crippen molar-refractivity contribution in [2.24, 2.45) is 5.73 Å². The Morgan fingerprint density at radius 2 is 1.07 bits per heavy atom. The highest BCUT2D eigenvalue weighted by Crippen LogP contribution is 2.15. The molecule has 0 aromatic rings. The molecule has 92 valence electrons. The average molecular weight is 229 g/mol. The van der Waals surface area contributed by atoms with E-state index in [2.05, 4.69) is 19.6 Å². The second-order valence-electron chi connectivity index (χ2n) is 5.93. The van der Waals surface area contributed by atoms with Gasteiger partial charge in [0, 0.05) is 8.07 Å². The molecular formula is C13H31NSi. The Labute approximate surface area is 97.8 Å². The third kappa shape index (κ3) is 14.2. The first kappa shape index (κ1) is 15.2. The van der Waals surface area contributed by atoms with E-state index in [-0.39, 0.29) is 0 Å². The molecule has 0 saturated heterocycles. The summed E-state index contributed by atoms with van der Waals surface area (Å²) in [7, 11) is -0.757. The third-order valence-electron chi connectivity index (χ3n) is 2.88. The van der Waals surface area contributed by atoms with Crippen molar-refractivity contribution >= 4 is 8.07 Å². The quantitative estimate of drug-likeness (QED) is 0.436. The molecule has 0 unspecified atom stereocenters. The van der Waals surface area contributed by atoms with Crippen molar-refractivity contribution in [1.29, 1.82) is 0 Å². The molecule has 0 aromatic heterocycles. The molecule has 0 fully saturated rings. The largest absolute Gasteiger partial charge is 0.330 e. The van der Waals surface area contributed by atoms with Crippen LogP contribution in [0.15, 0.2) is 0 Å². The fourth-order valence-electron chi connectivity index (χ4n) is 1.86. The molecule has 0 atom stereocenters. The molecule has 0 spiro atoms. The summed E-state index contributed by atoms with van der Waals surface area (Å²) in [5, 5.41) is 0. The predicted molar refractivity (Wildman–Crippen MR) is 74.1 cm³/mol. The highest BCUT2D eigenvalue weighted by atomic mass is 28.3. The maximum absolute atomic E-state index is 5.45. The molecule has 0 bridgehead atoms. The van der Waals surface area contributed by atoms with E-state index in [9.17, 15) is 0 Å². The first-order valence-electron chi connectivity index (χ1n) is 6.76. The summed E-state index contributed by atoms with van der Waals surface area (Å²) in [5.74, 6) is 0. The predicted octanol–water partition coefficient (Wildman–Crippen LogP) is 4.40. The summed E-state index contributed by atoms with van der Waals surface area (Å²) in [6, 6.07) is 1.51. The minimum absolute atomic E-state index is 0.757. The summed E-state index contributed by atoms with van der Waals surface area (Å²) in [6.45, 7) is 8.29. The van der Waals surface area contributed by atoms with E-state index >= 15 is 0 Å². The van der Waals surface area contributed by atoms with Crippen molar-refractivity contribution in [3.63, 3.8) is 0 Å². The zero-order valence-electron chi connectivity index (χ0n) is 11.1. The zero-order valence-corrected chi connectivity index (χ0v) is 12.1. The molecule has 0 saturated carbocycles. The van der Waals surface area contributed by atoms with Gasteiger partial charge >= 0.3 is 0 Å². The number of nitrogens with two attached hydrogens (primary N) is 1. The molecule has 2 heteroatoms. The molecule has 0 heterocycles. The maximum atomic E-state index is 5.45. The van der Waals surface area contributed by atoms with Gasteiger partial charge in [-0.2, -0.15) is 0 Å². The van der Waals surface area contributed by atoms with Crippen LogP contribution in [0.3, 0.4) is 0 Å². The lowest BCUT2D eigenvalue weighted by Gasteiger charge is -2.14. The van der Waals surface area contributed by atoms with Crippen LogP contribution < -0.4 is 5.73 Å². The van der Waals surface area contributed by atoms with E-state index in [0.717, 1.165) is 6.54 Å². The van der Waals surface area contributed by atoms with Crippen LogP contribution in [0.4, 0.5) is 0 Å². The summed E-state index contributed by atoms with van der Waals surface area (Å²) < 4.78 is 0. The second-order valence-corrected chi connectivity index (χ2v) is 11.5. The highest BCUT2D eigenvalue weighted by Gasteiger charge is 2.11. The molecule has 2 N–H and O–H groups in total. The molecule has 1 nitrogen and oxygen atoms in total. The molecule has 0 aliphatic rings. The van der Waals surface area contributed by atoms with Gasteiger partial charge in [-0.3, -0.25) is 0 Å². The van der Waals surface area contributed by atoms with E-state index in [1.807, 2.05) is 0 Å². The molecule has 15 heavy (non-hydrogen) atoms. The van der Waals surface area contributed by atoms with Gasteiger partial charge in [-0.15, -0.1) is 0 Å². The monoisotopic (exact) mass is 229 g/mol. The van der Waals surface area contributed by atoms with Crippen LogP contribution in [0, 0.1) is 0 Å². The fourth-order valence-corrected chi connectivity index (χ4v) is 3.17. The lowest BCUT2D eigenvalue weighted by atomic mass is 10.1.